The van der Waals surface area contributed by atoms with Crippen LogP contribution in [-0.4, -0.2) is 44.1 Å². The second-order valence-electron chi connectivity index (χ2n) is 5.17. The van der Waals surface area contributed by atoms with Crippen LogP contribution in [0, 0.1) is 13.8 Å². The summed E-state index contributed by atoms with van der Waals surface area (Å²) < 4.78 is 0. The minimum atomic E-state index is 0.548. The standard InChI is InChI=1S/C14H26N4/c1-11-9-12(2)16-14(13(11)10-15)18(5)8-6-7-17(3)4/h9H,6-8,10,15H2,1-5H3. The summed E-state index contributed by atoms with van der Waals surface area (Å²) in [6.07, 6.45) is 1.13. The first-order chi connectivity index (χ1) is 8.45. The van der Waals surface area contributed by atoms with E-state index in [1.165, 1.54) is 5.56 Å². The van der Waals surface area contributed by atoms with Crippen LogP contribution < -0.4 is 10.6 Å². The Labute approximate surface area is 111 Å². The fourth-order valence-electron chi connectivity index (χ4n) is 2.14. The number of nitrogens with two attached hydrogens (primary N) is 1. The molecule has 0 aliphatic heterocycles. The van der Waals surface area contributed by atoms with Crippen molar-refractivity contribution in [3.05, 3.63) is 22.9 Å². The number of hydrogen-bond donors (Lipinski definition) is 1. The van der Waals surface area contributed by atoms with Gasteiger partial charge >= 0.3 is 0 Å². The van der Waals surface area contributed by atoms with Crippen LogP contribution in [0.5, 0.6) is 0 Å². The van der Waals surface area contributed by atoms with Crippen molar-refractivity contribution in [2.24, 2.45) is 5.73 Å². The molecule has 0 saturated carbocycles. The highest BCUT2D eigenvalue weighted by Crippen LogP contribution is 2.21. The van der Waals surface area contributed by atoms with Crippen LogP contribution in [0.25, 0.3) is 0 Å². The van der Waals surface area contributed by atoms with Gasteiger partial charge in [0.1, 0.15) is 5.82 Å². The topological polar surface area (TPSA) is 45.4 Å². The van der Waals surface area contributed by atoms with Crippen molar-refractivity contribution in [3.63, 3.8) is 0 Å². The second kappa shape index (κ2) is 6.71. The van der Waals surface area contributed by atoms with Gasteiger partial charge in [-0.2, -0.15) is 0 Å². The summed E-state index contributed by atoms with van der Waals surface area (Å²) in [6.45, 7) is 6.78. The number of aromatic nitrogens is 1. The van der Waals surface area contributed by atoms with E-state index >= 15 is 0 Å². The van der Waals surface area contributed by atoms with E-state index in [0.29, 0.717) is 6.54 Å². The lowest BCUT2D eigenvalue weighted by molar-refractivity contribution is 0.401. The van der Waals surface area contributed by atoms with Crippen LogP contribution in [0.4, 0.5) is 5.82 Å². The van der Waals surface area contributed by atoms with E-state index in [1.807, 2.05) is 6.92 Å². The van der Waals surface area contributed by atoms with E-state index in [-0.39, 0.29) is 0 Å². The monoisotopic (exact) mass is 250 g/mol. The summed E-state index contributed by atoms with van der Waals surface area (Å²) in [5.74, 6) is 1.04. The lowest BCUT2D eigenvalue weighted by atomic mass is 10.1. The number of hydrogen-bond acceptors (Lipinski definition) is 4. The summed E-state index contributed by atoms with van der Waals surface area (Å²) >= 11 is 0. The average molecular weight is 250 g/mol. The molecule has 0 unspecified atom stereocenters. The van der Waals surface area contributed by atoms with E-state index in [4.69, 9.17) is 5.73 Å². The van der Waals surface area contributed by atoms with Crippen LogP contribution in [0.15, 0.2) is 6.07 Å². The van der Waals surface area contributed by atoms with E-state index < -0.39 is 0 Å². The molecule has 0 fully saturated rings. The molecule has 0 saturated heterocycles. The van der Waals surface area contributed by atoms with Crippen LogP contribution in [0.1, 0.15) is 23.2 Å². The van der Waals surface area contributed by atoms with E-state index in [1.54, 1.807) is 0 Å². The molecule has 0 bridgehead atoms. The van der Waals surface area contributed by atoms with Crippen LogP contribution in [0.3, 0.4) is 0 Å². The highest BCUT2D eigenvalue weighted by Gasteiger charge is 2.11. The molecule has 1 heterocycles. The van der Waals surface area contributed by atoms with Gasteiger partial charge in [0.25, 0.3) is 0 Å². The predicted molar refractivity (Wildman–Crippen MR) is 78.0 cm³/mol. The smallest absolute Gasteiger partial charge is 0.133 e. The molecular formula is C14H26N4. The van der Waals surface area contributed by atoms with Gasteiger partial charge in [0, 0.05) is 31.4 Å². The first kappa shape index (κ1) is 14.9. The zero-order valence-electron chi connectivity index (χ0n) is 12.3. The molecule has 1 rings (SSSR count). The van der Waals surface area contributed by atoms with Crippen molar-refractivity contribution in [1.82, 2.24) is 9.88 Å². The largest absolute Gasteiger partial charge is 0.359 e. The van der Waals surface area contributed by atoms with Crippen molar-refractivity contribution in [3.8, 4) is 0 Å². The van der Waals surface area contributed by atoms with Crippen molar-refractivity contribution in [2.45, 2.75) is 26.8 Å². The quantitative estimate of drug-likeness (QED) is 0.832. The van der Waals surface area contributed by atoms with Gasteiger partial charge in [-0.15, -0.1) is 0 Å². The zero-order valence-corrected chi connectivity index (χ0v) is 12.3. The summed E-state index contributed by atoms with van der Waals surface area (Å²) in [4.78, 5) is 9.05. The highest BCUT2D eigenvalue weighted by molar-refractivity contribution is 5.51. The molecule has 2 N–H and O–H groups in total. The molecule has 0 aliphatic rings. The fraction of sp³-hybridized carbons (Fsp3) is 0.643. The lowest BCUT2D eigenvalue weighted by Gasteiger charge is -2.23. The van der Waals surface area contributed by atoms with Gasteiger partial charge in [-0.3, -0.25) is 0 Å². The summed E-state index contributed by atoms with van der Waals surface area (Å²) in [5, 5.41) is 0. The van der Waals surface area contributed by atoms with Crippen molar-refractivity contribution >= 4 is 5.82 Å². The third kappa shape index (κ3) is 3.96. The van der Waals surface area contributed by atoms with E-state index in [9.17, 15) is 0 Å². The first-order valence-corrected chi connectivity index (χ1v) is 6.48. The van der Waals surface area contributed by atoms with Gasteiger partial charge in [-0.05, 0) is 52.5 Å². The van der Waals surface area contributed by atoms with Gasteiger partial charge < -0.3 is 15.5 Å². The molecule has 102 valence electrons. The Morgan fingerprint density at radius 1 is 1.17 bits per heavy atom. The summed E-state index contributed by atoms with van der Waals surface area (Å²) in [5.41, 5.74) is 9.29. The van der Waals surface area contributed by atoms with Crippen LogP contribution in [-0.2, 0) is 6.54 Å². The molecule has 1 aromatic heterocycles. The van der Waals surface area contributed by atoms with Gasteiger partial charge in [0.2, 0.25) is 0 Å². The molecule has 18 heavy (non-hydrogen) atoms. The molecule has 0 spiro atoms. The summed E-state index contributed by atoms with van der Waals surface area (Å²) in [7, 11) is 6.29. The lowest BCUT2D eigenvalue weighted by Crippen LogP contribution is -2.26. The third-order valence-electron chi connectivity index (χ3n) is 3.12. The Hall–Kier alpha value is -1.13. The van der Waals surface area contributed by atoms with E-state index in [2.05, 4.69) is 48.9 Å². The van der Waals surface area contributed by atoms with Gasteiger partial charge in [-0.1, -0.05) is 0 Å². The van der Waals surface area contributed by atoms with Crippen LogP contribution >= 0.6 is 0 Å². The molecular weight excluding hydrogens is 224 g/mol. The SMILES string of the molecule is Cc1cc(C)c(CN)c(N(C)CCCN(C)C)n1. The Bertz CT molecular complexity index is 388. The Balaban J connectivity index is 2.80. The van der Waals surface area contributed by atoms with Crippen molar-refractivity contribution in [2.75, 3.05) is 39.1 Å². The number of aryl methyl sites for hydroxylation is 2. The number of nitrogens with zero attached hydrogens (tertiary/aromatic N) is 3. The maximum Gasteiger partial charge on any atom is 0.133 e. The molecule has 0 radical (unpaired) electrons. The van der Waals surface area contributed by atoms with Gasteiger partial charge in [0.15, 0.2) is 0 Å². The average Bonchev–Trinajstić information content (AvgIpc) is 2.27. The predicted octanol–water partition coefficient (Wildman–Crippen LogP) is 1.55. The highest BCUT2D eigenvalue weighted by atomic mass is 15.2. The fourth-order valence-corrected chi connectivity index (χ4v) is 2.14. The summed E-state index contributed by atoms with van der Waals surface area (Å²) in [6, 6.07) is 2.10. The maximum absolute atomic E-state index is 5.84. The number of pyridine rings is 1. The van der Waals surface area contributed by atoms with E-state index in [0.717, 1.165) is 36.6 Å². The maximum atomic E-state index is 5.84. The Morgan fingerprint density at radius 3 is 2.39 bits per heavy atom. The van der Waals surface area contributed by atoms with Crippen LogP contribution in [0.2, 0.25) is 0 Å². The molecule has 0 amide bonds. The second-order valence-corrected chi connectivity index (χ2v) is 5.17. The van der Waals surface area contributed by atoms with Gasteiger partial charge in [-0.25, -0.2) is 4.98 Å². The normalized spacial score (nSPS) is 11.1. The van der Waals surface area contributed by atoms with Crippen molar-refractivity contribution < 1.29 is 0 Å². The van der Waals surface area contributed by atoms with Crippen molar-refractivity contribution in [1.29, 1.82) is 0 Å². The number of rotatable bonds is 6. The molecule has 0 atom stereocenters. The molecule has 1 aromatic rings. The molecule has 4 nitrogen and oxygen atoms in total. The minimum Gasteiger partial charge on any atom is -0.359 e. The Morgan fingerprint density at radius 2 is 1.83 bits per heavy atom. The Kier molecular flexibility index (Phi) is 5.56. The molecule has 4 heteroatoms. The first-order valence-electron chi connectivity index (χ1n) is 6.48. The molecule has 0 aromatic carbocycles. The number of anilines is 1. The molecule has 0 aliphatic carbocycles. The third-order valence-corrected chi connectivity index (χ3v) is 3.12. The van der Waals surface area contributed by atoms with Gasteiger partial charge in [0.05, 0.1) is 0 Å². The zero-order chi connectivity index (χ0) is 13.7. The minimum absolute atomic E-state index is 0.548.